The van der Waals surface area contributed by atoms with Crippen molar-refractivity contribution in [2.45, 2.75) is 19.6 Å². The van der Waals surface area contributed by atoms with E-state index in [0.29, 0.717) is 0 Å². The molecule has 0 spiro atoms. The number of benzene rings is 1. The van der Waals surface area contributed by atoms with Crippen LogP contribution in [0.4, 0.5) is 0 Å². The van der Waals surface area contributed by atoms with Crippen LogP contribution in [0.3, 0.4) is 0 Å². The fourth-order valence-corrected chi connectivity index (χ4v) is 1.04. The van der Waals surface area contributed by atoms with Crippen molar-refractivity contribution >= 4 is 0 Å². The van der Waals surface area contributed by atoms with Gasteiger partial charge >= 0.3 is 0 Å². The lowest BCUT2D eigenvalue weighted by atomic mass is 10.3. The molecule has 0 saturated carbocycles. The number of rotatable bonds is 6. The summed E-state index contributed by atoms with van der Waals surface area (Å²) in [5.41, 5.74) is 0. The fourth-order valence-electron chi connectivity index (χ4n) is 1.04. The average Bonchev–Trinajstić information content (AvgIpc) is 2.26. The van der Waals surface area contributed by atoms with E-state index in [-0.39, 0.29) is 6.29 Å². The molecule has 0 aliphatic heterocycles. The van der Waals surface area contributed by atoms with Crippen molar-refractivity contribution in [3.63, 3.8) is 0 Å². The predicted octanol–water partition coefficient (Wildman–Crippen LogP) is 3.52. The third kappa shape index (κ3) is 4.91. The number of ether oxygens (including phenoxy) is 2. The molecule has 1 rings (SSSR count). The van der Waals surface area contributed by atoms with Crippen molar-refractivity contribution in [2.75, 3.05) is 0 Å². The normalized spacial score (nSPS) is 12.3. The van der Waals surface area contributed by atoms with Crippen LogP contribution in [-0.2, 0) is 4.74 Å². The summed E-state index contributed by atoms with van der Waals surface area (Å²) >= 11 is 0. The molecular weight excluding hydrogens is 188 g/mol. The van der Waals surface area contributed by atoms with Crippen LogP contribution in [0, 0.1) is 0 Å². The van der Waals surface area contributed by atoms with Crippen molar-refractivity contribution in [1.29, 1.82) is 0 Å². The molecule has 0 aliphatic carbocycles. The lowest BCUT2D eigenvalue weighted by molar-refractivity contribution is -0.0138. The zero-order valence-corrected chi connectivity index (χ0v) is 8.93. The molecule has 1 atom stereocenters. The Hall–Kier alpha value is -1.70. The van der Waals surface area contributed by atoms with Gasteiger partial charge in [-0.05, 0) is 24.6 Å². The van der Waals surface area contributed by atoms with Crippen LogP contribution in [0.5, 0.6) is 5.75 Å². The van der Waals surface area contributed by atoms with Gasteiger partial charge in [-0.1, -0.05) is 24.3 Å². The highest BCUT2D eigenvalue weighted by molar-refractivity contribution is 5.20. The van der Waals surface area contributed by atoms with Crippen molar-refractivity contribution in [2.24, 2.45) is 0 Å². The minimum absolute atomic E-state index is 0.284. The molecule has 1 aromatic carbocycles. The summed E-state index contributed by atoms with van der Waals surface area (Å²) in [6.45, 7) is 5.46. The monoisotopic (exact) mass is 204 g/mol. The molecule has 2 nitrogen and oxygen atoms in total. The van der Waals surface area contributed by atoms with Crippen LogP contribution in [0.25, 0.3) is 0 Å². The molecule has 0 radical (unpaired) electrons. The Labute approximate surface area is 90.8 Å². The summed E-state index contributed by atoms with van der Waals surface area (Å²) in [6, 6.07) is 9.59. The number of hydrogen-bond acceptors (Lipinski definition) is 2. The van der Waals surface area contributed by atoms with Crippen LogP contribution in [-0.4, -0.2) is 6.29 Å². The smallest absolute Gasteiger partial charge is 0.237 e. The van der Waals surface area contributed by atoms with Gasteiger partial charge in [-0.2, -0.15) is 0 Å². The molecule has 15 heavy (non-hydrogen) atoms. The largest absolute Gasteiger partial charge is 0.463 e. The summed E-state index contributed by atoms with van der Waals surface area (Å²) < 4.78 is 10.8. The van der Waals surface area contributed by atoms with Gasteiger partial charge in [0.05, 0.1) is 6.26 Å². The standard InChI is InChI=1S/C13H16O2/c1-3-4-8-11-14-12(2)15-13-9-6-5-7-10-13/h3,5-12H,1,4H2,2H3. The number of allylic oxidation sites excluding steroid dienone is 2. The summed E-state index contributed by atoms with van der Waals surface area (Å²) in [5, 5.41) is 0. The minimum Gasteiger partial charge on any atom is -0.463 e. The maximum absolute atomic E-state index is 5.50. The Balaban J connectivity index is 2.30. The fraction of sp³-hybridized carbons (Fsp3) is 0.231. The molecule has 1 aromatic rings. The van der Waals surface area contributed by atoms with Crippen LogP contribution in [0.1, 0.15) is 13.3 Å². The van der Waals surface area contributed by atoms with E-state index < -0.39 is 0 Å². The average molecular weight is 204 g/mol. The molecule has 0 fully saturated rings. The molecular formula is C13H16O2. The van der Waals surface area contributed by atoms with E-state index in [2.05, 4.69) is 6.58 Å². The highest BCUT2D eigenvalue weighted by Crippen LogP contribution is 2.11. The molecule has 0 amide bonds. The van der Waals surface area contributed by atoms with E-state index in [0.717, 1.165) is 12.2 Å². The van der Waals surface area contributed by atoms with Gasteiger partial charge < -0.3 is 9.47 Å². The lowest BCUT2D eigenvalue weighted by Crippen LogP contribution is -2.12. The molecule has 0 heterocycles. The van der Waals surface area contributed by atoms with Crippen molar-refractivity contribution in [1.82, 2.24) is 0 Å². The van der Waals surface area contributed by atoms with Gasteiger partial charge in [-0.15, -0.1) is 6.58 Å². The highest BCUT2D eigenvalue weighted by Gasteiger charge is 2.00. The first-order chi connectivity index (χ1) is 7.33. The Kier molecular flexibility index (Phi) is 5.09. The molecule has 80 valence electrons. The first-order valence-corrected chi connectivity index (χ1v) is 4.96. The van der Waals surface area contributed by atoms with Gasteiger partial charge in [0.15, 0.2) is 0 Å². The lowest BCUT2D eigenvalue weighted by Gasteiger charge is -2.13. The quantitative estimate of drug-likeness (QED) is 0.401. The molecule has 1 unspecified atom stereocenters. The van der Waals surface area contributed by atoms with E-state index >= 15 is 0 Å². The Morgan fingerprint density at radius 3 is 2.73 bits per heavy atom. The predicted molar refractivity (Wildman–Crippen MR) is 61.6 cm³/mol. The van der Waals surface area contributed by atoms with E-state index in [1.807, 2.05) is 49.4 Å². The number of para-hydroxylation sites is 1. The summed E-state index contributed by atoms with van der Waals surface area (Å²) in [5.74, 6) is 0.808. The topological polar surface area (TPSA) is 18.5 Å². The maximum Gasteiger partial charge on any atom is 0.237 e. The Morgan fingerprint density at radius 1 is 1.33 bits per heavy atom. The van der Waals surface area contributed by atoms with E-state index in [9.17, 15) is 0 Å². The molecule has 0 bridgehead atoms. The van der Waals surface area contributed by atoms with Gasteiger partial charge in [0.25, 0.3) is 0 Å². The molecule has 0 aliphatic rings. The van der Waals surface area contributed by atoms with Crippen LogP contribution in [0.15, 0.2) is 55.3 Å². The van der Waals surface area contributed by atoms with Gasteiger partial charge in [0.1, 0.15) is 5.75 Å². The van der Waals surface area contributed by atoms with E-state index in [1.54, 1.807) is 6.26 Å². The van der Waals surface area contributed by atoms with Crippen molar-refractivity contribution in [3.8, 4) is 5.75 Å². The van der Waals surface area contributed by atoms with Gasteiger partial charge in [0.2, 0.25) is 6.29 Å². The van der Waals surface area contributed by atoms with E-state index in [4.69, 9.17) is 9.47 Å². The van der Waals surface area contributed by atoms with Crippen molar-refractivity contribution in [3.05, 3.63) is 55.3 Å². The second-order valence-electron chi connectivity index (χ2n) is 3.03. The Morgan fingerprint density at radius 2 is 2.07 bits per heavy atom. The zero-order valence-electron chi connectivity index (χ0n) is 8.93. The van der Waals surface area contributed by atoms with Gasteiger partial charge in [-0.3, -0.25) is 0 Å². The second kappa shape index (κ2) is 6.71. The van der Waals surface area contributed by atoms with Crippen molar-refractivity contribution < 1.29 is 9.47 Å². The number of hydrogen-bond donors (Lipinski definition) is 0. The summed E-state index contributed by atoms with van der Waals surface area (Å²) in [7, 11) is 0. The molecule has 0 N–H and O–H groups in total. The third-order valence-electron chi connectivity index (χ3n) is 1.71. The zero-order chi connectivity index (χ0) is 10.9. The first-order valence-electron chi connectivity index (χ1n) is 4.96. The third-order valence-corrected chi connectivity index (χ3v) is 1.71. The van der Waals surface area contributed by atoms with Crippen LogP contribution >= 0.6 is 0 Å². The Bertz CT molecular complexity index is 304. The van der Waals surface area contributed by atoms with Crippen LogP contribution in [0.2, 0.25) is 0 Å². The van der Waals surface area contributed by atoms with Gasteiger partial charge in [0, 0.05) is 6.92 Å². The molecule has 2 heteroatoms. The van der Waals surface area contributed by atoms with Crippen LogP contribution < -0.4 is 4.74 Å². The maximum atomic E-state index is 5.50. The molecule has 0 aromatic heterocycles. The minimum atomic E-state index is -0.284. The molecule has 0 saturated heterocycles. The highest BCUT2D eigenvalue weighted by atomic mass is 16.7. The van der Waals surface area contributed by atoms with E-state index in [1.165, 1.54) is 0 Å². The SMILES string of the molecule is C=CCC=COC(C)Oc1ccccc1. The summed E-state index contributed by atoms with van der Waals surface area (Å²) in [6.07, 6.45) is 5.85. The first kappa shape index (κ1) is 11.4. The van der Waals surface area contributed by atoms with Gasteiger partial charge in [-0.25, -0.2) is 0 Å². The summed E-state index contributed by atoms with van der Waals surface area (Å²) in [4.78, 5) is 0. The second-order valence-corrected chi connectivity index (χ2v) is 3.03.